The van der Waals surface area contributed by atoms with Gasteiger partial charge in [-0.3, -0.25) is 14.4 Å². The highest BCUT2D eigenvalue weighted by Crippen LogP contribution is 2.30. The third kappa shape index (κ3) is 6.35. The molecule has 170 valence electrons. The van der Waals surface area contributed by atoms with Crippen molar-refractivity contribution in [2.24, 2.45) is 5.92 Å². The van der Waals surface area contributed by atoms with Crippen LogP contribution in [0, 0.1) is 5.92 Å². The lowest BCUT2D eigenvalue weighted by Gasteiger charge is -2.18. The van der Waals surface area contributed by atoms with Gasteiger partial charge in [0.2, 0.25) is 5.91 Å². The van der Waals surface area contributed by atoms with Crippen molar-refractivity contribution in [3.05, 3.63) is 35.9 Å². The van der Waals surface area contributed by atoms with Crippen molar-refractivity contribution >= 4 is 41.5 Å². The number of rotatable bonds is 9. The molecule has 0 unspecified atom stereocenters. The Morgan fingerprint density at radius 1 is 0.968 bits per heavy atom. The Morgan fingerprint density at radius 3 is 2.26 bits per heavy atom. The molecule has 2 heterocycles. The SMILES string of the molecule is CN(C)CCCN(C)C(=O)c1cc(N(C)C(=O)c2cc(NC(=O)C3CC3)c[nH]2)c[nH]1.Cl. The quantitative estimate of drug-likeness (QED) is 0.545. The van der Waals surface area contributed by atoms with E-state index in [-0.39, 0.29) is 36.0 Å². The zero-order valence-corrected chi connectivity index (χ0v) is 19.2. The molecule has 10 heteroatoms. The van der Waals surface area contributed by atoms with Crippen molar-refractivity contribution < 1.29 is 14.4 Å². The molecular weight excluding hydrogens is 420 g/mol. The van der Waals surface area contributed by atoms with E-state index in [1.165, 1.54) is 4.90 Å². The standard InChI is InChI=1S/C21H30N6O3.ClH/c1-25(2)8-5-9-26(3)20(29)18-11-16(13-23-18)27(4)21(30)17-10-15(12-22-17)24-19(28)14-6-7-14;/h10-14,22-23H,5-9H2,1-4H3,(H,24,28);1H. The van der Waals surface area contributed by atoms with Gasteiger partial charge < -0.3 is 30.0 Å². The van der Waals surface area contributed by atoms with Gasteiger partial charge in [0.25, 0.3) is 11.8 Å². The number of hydrogen-bond donors (Lipinski definition) is 3. The fourth-order valence-electron chi connectivity index (χ4n) is 3.11. The molecule has 2 aromatic heterocycles. The number of halogens is 1. The molecular formula is C21H31ClN6O3. The molecule has 0 aromatic carbocycles. The predicted molar refractivity (Wildman–Crippen MR) is 123 cm³/mol. The first-order valence-electron chi connectivity index (χ1n) is 10.1. The number of carbonyl (C=O) groups excluding carboxylic acids is 3. The highest BCUT2D eigenvalue weighted by atomic mass is 35.5. The van der Waals surface area contributed by atoms with Crippen LogP contribution in [-0.2, 0) is 4.79 Å². The lowest BCUT2D eigenvalue weighted by molar-refractivity contribution is -0.117. The second kappa shape index (κ2) is 10.5. The molecule has 1 fully saturated rings. The Kier molecular flexibility index (Phi) is 8.29. The summed E-state index contributed by atoms with van der Waals surface area (Å²) in [5, 5.41) is 2.81. The Hall–Kier alpha value is -2.78. The zero-order valence-electron chi connectivity index (χ0n) is 18.4. The summed E-state index contributed by atoms with van der Waals surface area (Å²) < 4.78 is 0. The van der Waals surface area contributed by atoms with E-state index in [1.54, 1.807) is 43.5 Å². The van der Waals surface area contributed by atoms with Crippen LogP contribution in [0.3, 0.4) is 0 Å². The third-order valence-corrected chi connectivity index (χ3v) is 5.16. The number of carbonyl (C=O) groups is 3. The van der Waals surface area contributed by atoms with Crippen LogP contribution < -0.4 is 10.2 Å². The Balaban J connectivity index is 0.00000341. The van der Waals surface area contributed by atoms with Gasteiger partial charge in [-0.05, 0) is 52.0 Å². The number of aromatic amines is 2. The number of hydrogen-bond acceptors (Lipinski definition) is 4. The average Bonchev–Trinajstić information content (AvgIpc) is 3.27. The molecule has 0 saturated heterocycles. The number of nitrogens with one attached hydrogen (secondary N) is 3. The molecule has 1 aliphatic carbocycles. The molecule has 1 aliphatic rings. The third-order valence-electron chi connectivity index (χ3n) is 5.16. The topological polar surface area (TPSA) is 105 Å². The first kappa shape index (κ1) is 24.5. The van der Waals surface area contributed by atoms with E-state index in [0.717, 1.165) is 25.8 Å². The highest BCUT2D eigenvalue weighted by molar-refractivity contribution is 6.06. The van der Waals surface area contributed by atoms with Crippen LogP contribution in [-0.4, -0.2) is 78.8 Å². The van der Waals surface area contributed by atoms with Crippen LogP contribution in [0.2, 0.25) is 0 Å². The fourth-order valence-corrected chi connectivity index (χ4v) is 3.11. The monoisotopic (exact) mass is 450 g/mol. The number of nitrogens with zero attached hydrogens (tertiary/aromatic N) is 3. The largest absolute Gasteiger partial charge is 0.355 e. The van der Waals surface area contributed by atoms with Crippen molar-refractivity contribution in [3.8, 4) is 0 Å². The summed E-state index contributed by atoms with van der Waals surface area (Å²) in [6, 6.07) is 3.29. The van der Waals surface area contributed by atoms with Gasteiger partial charge in [0, 0.05) is 39.0 Å². The molecule has 3 rings (SSSR count). The second-order valence-corrected chi connectivity index (χ2v) is 8.08. The fraction of sp³-hybridized carbons (Fsp3) is 0.476. The van der Waals surface area contributed by atoms with Crippen molar-refractivity contribution in [1.82, 2.24) is 19.8 Å². The van der Waals surface area contributed by atoms with Gasteiger partial charge in [0.15, 0.2) is 0 Å². The minimum atomic E-state index is -0.265. The van der Waals surface area contributed by atoms with Crippen molar-refractivity contribution in [1.29, 1.82) is 0 Å². The molecule has 1 saturated carbocycles. The number of anilines is 2. The molecule has 31 heavy (non-hydrogen) atoms. The summed E-state index contributed by atoms with van der Waals surface area (Å²) in [6.07, 6.45) is 5.97. The van der Waals surface area contributed by atoms with Gasteiger partial charge in [-0.15, -0.1) is 12.4 Å². The van der Waals surface area contributed by atoms with E-state index in [0.29, 0.717) is 29.3 Å². The van der Waals surface area contributed by atoms with Gasteiger partial charge in [-0.1, -0.05) is 0 Å². The molecule has 3 amide bonds. The molecule has 0 spiro atoms. The molecule has 0 atom stereocenters. The lowest BCUT2D eigenvalue weighted by Crippen LogP contribution is -2.30. The zero-order chi connectivity index (χ0) is 21.8. The summed E-state index contributed by atoms with van der Waals surface area (Å²) >= 11 is 0. The van der Waals surface area contributed by atoms with E-state index in [2.05, 4.69) is 20.2 Å². The summed E-state index contributed by atoms with van der Waals surface area (Å²) in [7, 11) is 7.41. The van der Waals surface area contributed by atoms with Crippen LogP contribution in [0.1, 0.15) is 40.2 Å². The summed E-state index contributed by atoms with van der Waals surface area (Å²) in [5.41, 5.74) is 1.95. The van der Waals surface area contributed by atoms with E-state index in [4.69, 9.17) is 0 Å². The van der Waals surface area contributed by atoms with Crippen LogP contribution in [0.5, 0.6) is 0 Å². The Labute approximate surface area is 188 Å². The van der Waals surface area contributed by atoms with Gasteiger partial charge >= 0.3 is 0 Å². The maximum absolute atomic E-state index is 12.8. The van der Waals surface area contributed by atoms with Crippen LogP contribution >= 0.6 is 12.4 Å². The first-order valence-corrected chi connectivity index (χ1v) is 10.1. The normalized spacial score (nSPS) is 12.9. The highest BCUT2D eigenvalue weighted by Gasteiger charge is 2.30. The van der Waals surface area contributed by atoms with Gasteiger partial charge in [-0.25, -0.2) is 0 Å². The molecule has 9 nitrogen and oxygen atoms in total. The summed E-state index contributed by atoms with van der Waals surface area (Å²) in [5.74, 6) is -0.298. The van der Waals surface area contributed by atoms with Crippen LogP contribution in [0.4, 0.5) is 11.4 Å². The van der Waals surface area contributed by atoms with E-state index in [9.17, 15) is 14.4 Å². The molecule has 0 bridgehead atoms. The first-order chi connectivity index (χ1) is 14.3. The van der Waals surface area contributed by atoms with Gasteiger partial charge in [-0.2, -0.15) is 0 Å². The summed E-state index contributed by atoms with van der Waals surface area (Å²) in [6.45, 7) is 1.56. The Bertz CT molecular complexity index is 918. The predicted octanol–water partition coefficient (Wildman–Crippen LogP) is 2.41. The molecule has 0 radical (unpaired) electrons. The van der Waals surface area contributed by atoms with Crippen molar-refractivity contribution in [2.45, 2.75) is 19.3 Å². The van der Waals surface area contributed by atoms with Crippen molar-refractivity contribution in [3.63, 3.8) is 0 Å². The average molecular weight is 451 g/mol. The van der Waals surface area contributed by atoms with E-state index < -0.39 is 0 Å². The van der Waals surface area contributed by atoms with E-state index in [1.807, 2.05) is 14.1 Å². The maximum Gasteiger partial charge on any atom is 0.274 e. The van der Waals surface area contributed by atoms with Gasteiger partial charge in [0.1, 0.15) is 11.4 Å². The van der Waals surface area contributed by atoms with Crippen molar-refractivity contribution in [2.75, 3.05) is 51.5 Å². The maximum atomic E-state index is 12.8. The molecule has 2 aromatic rings. The van der Waals surface area contributed by atoms with Crippen LogP contribution in [0.15, 0.2) is 24.5 Å². The number of H-pyrrole nitrogens is 2. The van der Waals surface area contributed by atoms with Gasteiger partial charge in [0.05, 0.1) is 11.4 Å². The Morgan fingerprint density at radius 2 is 1.61 bits per heavy atom. The second-order valence-electron chi connectivity index (χ2n) is 8.08. The summed E-state index contributed by atoms with van der Waals surface area (Å²) in [4.78, 5) is 48.3. The lowest BCUT2D eigenvalue weighted by atomic mass is 10.3. The smallest absolute Gasteiger partial charge is 0.274 e. The van der Waals surface area contributed by atoms with E-state index >= 15 is 0 Å². The molecule has 0 aliphatic heterocycles. The molecule has 3 N–H and O–H groups in total. The minimum absolute atomic E-state index is 0. The number of amides is 3. The number of aromatic nitrogens is 2. The minimum Gasteiger partial charge on any atom is -0.355 e. The van der Waals surface area contributed by atoms with Crippen LogP contribution in [0.25, 0.3) is 0 Å².